The van der Waals surface area contributed by atoms with Crippen LogP contribution in [0.2, 0.25) is 0 Å². The molecule has 0 fully saturated rings. The number of rotatable bonds is 5. The molecule has 2 aromatic carbocycles. The second-order valence-electron chi connectivity index (χ2n) is 4.35. The van der Waals surface area contributed by atoms with Crippen LogP contribution >= 0.6 is 0 Å². The minimum atomic E-state index is -4.29. The number of halogens is 2. The quantitative estimate of drug-likeness (QED) is 0.886. The van der Waals surface area contributed by atoms with Gasteiger partial charge in [0.25, 0.3) is 0 Å². The molecule has 0 unspecified atom stereocenters. The fourth-order valence-corrected chi connectivity index (χ4v) is 3.05. The molecule has 0 spiro atoms. The topological polar surface area (TPSA) is 72.2 Å². The van der Waals surface area contributed by atoms with Gasteiger partial charge < -0.3 is 5.73 Å². The minimum Gasteiger partial charge on any atom is -0.326 e. The smallest absolute Gasteiger partial charge is 0.246 e. The van der Waals surface area contributed by atoms with Gasteiger partial charge in [0, 0.05) is 13.1 Å². The van der Waals surface area contributed by atoms with E-state index in [9.17, 15) is 17.2 Å². The molecule has 4 nitrogen and oxygen atoms in total. The second kappa shape index (κ2) is 6.30. The highest BCUT2D eigenvalue weighted by molar-refractivity contribution is 7.89. The summed E-state index contributed by atoms with van der Waals surface area (Å²) in [6.07, 6.45) is 0. The van der Waals surface area contributed by atoms with Crippen molar-refractivity contribution in [1.82, 2.24) is 4.72 Å². The standard InChI is InChI=1S/C14H14F2N2O2S/c15-12-6-3-7-13(16)14(12)21(19,20)18-9-11-5-2-1-4-10(11)8-17/h1-7,18H,8-9,17H2. The zero-order valence-corrected chi connectivity index (χ0v) is 11.8. The summed E-state index contributed by atoms with van der Waals surface area (Å²) in [5.41, 5.74) is 6.96. The predicted octanol–water partition coefficient (Wildman–Crippen LogP) is 1.90. The lowest BCUT2D eigenvalue weighted by Gasteiger charge is -2.11. The van der Waals surface area contributed by atoms with Gasteiger partial charge in [-0.2, -0.15) is 0 Å². The van der Waals surface area contributed by atoms with Crippen LogP contribution in [-0.4, -0.2) is 8.42 Å². The average molecular weight is 312 g/mol. The van der Waals surface area contributed by atoms with Gasteiger partial charge in [-0.1, -0.05) is 30.3 Å². The summed E-state index contributed by atoms with van der Waals surface area (Å²) < 4.78 is 53.3. The summed E-state index contributed by atoms with van der Waals surface area (Å²) in [5.74, 6) is -2.26. The van der Waals surface area contributed by atoms with Crippen LogP contribution in [0.25, 0.3) is 0 Å². The molecule has 21 heavy (non-hydrogen) atoms. The van der Waals surface area contributed by atoms with Gasteiger partial charge in [-0.15, -0.1) is 0 Å². The molecule has 112 valence electrons. The van der Waals surface area contributed by atoms with Crippen molar-refractivity contribution in [3.05, 3.63) is 65.2 Å². The van der Waals surface area contributed by atoms with Crippen molar-refractivity contribution < 1.29 is 17.2 Å². The molecule has 2 rings (SSSR count). The maximum absolute atomic E-state index is 13.5. The Morgan fingerprint density at radius 1 is 0.952 bits per heavy atom. The Morgan fingerprint density at radius 2 is 1.52 bits per heavy atom. The number of sulfonamides is 1. The van der Waals surface area contributed by atoms with Gasteiger partial charge in [0.2, 0.25) is 10.0 Å². The molecule has 0 saturated heterocycles. The fraction of sp³-hybridized carbons (Fsp3) is 0.143. The maximum Gasteiger partial charge on any atom is 0.246 e. The van der Waals surface area contributed by atoms with Crippen LogP contribution in [0, 0.1) is 11.6 Å². The summed E-state index contributed by atoms with van der Waals surface area (Å²) in [4.78, 5) is -0.977. The molecule has 0 amide bonds. The van der Waals surface area contributed by atoms with Crippen molar-refractivity contribution in [3.63, 3.8) is 0 Å². The summed E-state index contributed by atoms with van der Waals surface area (Å²) in [6, 6.07) is 9.85. The molecule has 0 aliphatic rings. The third-order valence-corrected chi connectivity index (χ3v) is 4.43. The third-order valence-electron chi connectivity index (χ3n) is 2.98. The Labute approximate surface area is 121 Å². The highest BCUT2D eigenvalue weighted by atomic mass is 32.2. The van der Waals surface area contributed by atoms with Crippen molar-refractivity contribution >= 4 is 10.0 Å². The Hall–Kier alpha value is -1.83. The number of benzene rings is 2. The Morgan fingerprint density at radius 3 is 2.10 bits per heavy atom. The van der Waals surface area contributed by atoms with Gasteiger partial charge in [-0.05, 0) is 23.3 Å². The second-order valence-corrected chi connectivity index (χ2v) is 6.05. The van der Waals surface area contributed by atoms with E-state index in [0.29, 0.717) is 5.56 Å². The number of nitrogens with one attached hydrogen (secondary N) is 1. The van der Waals surface area contributed by atoms with E-state index in [2.05, 4.69) is 4.72 Å². The third kappa shape index (κ3) is 3.44. The fourth-order valence-electron chi connectivity index (χ4n) is 1.91. The van der Waals surface area contributed by atoms with Crippen molar-refractivity contribution in [3.8, 4) is 0 Å². The van der Waals surface area contributed by atoms with Crippen molar-refractivity contribution in [2.75, 3.05) is 0 Å². The molecular formula is C14H14F2N2O2S. The highest BCUT2D eigenvalue weighted by Crippen LogP contribution is 2.18. The van der Waals surface area contributed by atoms with Crippen LogP contribution in [0.3, 0.4) is 0 Å². The maximum atomic E-state index is 13.5. The van der Waals surface area contributed by atoms with Crippen molar-refractivity contribution in [1.29, 1.82) is 0 Å². The van der Waals surface area contributed by atoms with E-state index in [1.54, 1.807) is 24.3 Å². The molecule has 0 heterocycles. The molecule has 0 atom stereocenters. The SMILES string of the molecule is NCc1ccccc1CNS(=O)(=O)c1c(F)cccc1F. The number of hydrogen-bond donors (Lipinski definition) is 2. The monoisotopic (exact) mass is 312 g/mol. The summed E-state index contributed by atoms with van der Waals surface area (Å²) in [6.45, 7) is 0.148. The first kappa shape index (κ1) is 15.6. The van der Waals surface area contributed by atoms with E-state index >= 15 is 0 Å². The van der Waals surface area contributed by atoms with Crippen LogP contribution in [0.5, 0.6) is 0 Å². The normalized spacial score (nSPS) is 11.6. The van der Waals surface area contributed by atoms with E-state index in [4.69, 9.17) is 5.73 Å². The highest BCUT2D eigenvalue weighted by Gasteiger charge is 2.23. The van der Waals surface area contributed by atoms with Crippen molar-refractivity contribution in [2.45, 2.75) is 18.0 Å². The van der Waals surface area contributed by atoms with Crippen molar-refractivity contribution in [2.24, 2.45) is 5.73 Å². The van der Waals surface area contributed by atoms with Gasteiger partial charge in [-0.3, -0.25) is 0 Å². The van der Waals surface area contributed by atoms with Crippen LogP contribution in [0.15, 0.2) is 47.4 Å². The molecule has 0 aromatic heterocycles. The molecule has 0 aliphatic heterocycles. The Kier molecular flexibility index (Phi) is 4.66. The molecule has 3 N–H and O–H groups in total. The van der Waals surface area contributed by atoms with Crippen LogP contribution in [0.4, 0.5) is 8.78 Å². The first-order valence-corrected chi connectivity index (χ1v) is 7.64. The largest absolute Gasteiger partial charge is 0.326 e. The van der Waals surface area contributed by atoms with Gasteiger partial charge in [0.1, 0.15) is 11.6 Å². The van der Waals surface area contributed by atoms with Gasteiger partial charge in [-0.25, -0.2) is 21.9 Å². The number of hydrogen-bond acceptors (Lipinski definition) is 3. The molecular weight excluding hydrogens is 298 g/mol. The summed E-state index contributed by atoms with van der Waals surface area (Å²) in [5, 5.41) is 0. The lowest BCUT2D eigenvalue weighted by Crippen LogP contribution is -2.26. The van der Waals surface area contributed by atoms with E-state index in [0.717, 1.165) is 23.8 Å². The van der Waals surface area contributed by atoms with Gasteiger partial charge in [0.05, 0.1) is 0 Å². The lowest BCUT2D eigenvalue weighted by molar-refractivity contribution is 0.513. The van der Waals surface area contributed by atoms with E-state index in [1.165, 1.54) is 0 Å². The summed E-state index contributed by atoms with van der Waals surface area (Å²) in [7, 11) is -4.29. The predicted molar refractivity (Wildman–Crippen MR) is 74.7 cm³/mol. The van der Waals surface area contributed by atoms with Crippen LogP contribution < -0.4 is 10.5 Å². The Balaban J connectivity index is 2.27. The van der Waals surface area contributed by atoms with E-state index in [1.807, 2.05) is 0 Å². The average Bonchev–Trinajstić information content (AvgIpc) is 2.45. The molecule has 7 heteroatoms. The minimum absolute atomic E-state index is 0.0938. The Bertz CT molecular complexity index is 728. The van der Waals surface area contributed by atoms with Gasteiger partial charge >= 0.3 is 0 Å². The lowest BCUT2D eigenvalue weighted by atomic mass is 10.1. The zero-order valence-electron chi connectivity index (χ0n) is 11.0. The van der Waals surface area contributed by atoms with E-state index in [-0.39, 0.29) is 13.1 Å². The summed E-state index contributed by atoms with van der Waals surface area (Å²) >= 11 is 0. The first-order valence-electron chi connectivity index (χ1n) is 6.16. The van der Waals surface area contributed by atoms with Gasteiger partial charge in [0.15, 0.2) is 4.90 Å². The van der Waals surface area contributed by atoms with Crippen LogP contribution in [-0.2, 0) is 23.1 Å². The first-order chi connectivity index (χ1) is 9.95. The molecule has 0 bridgehead atoms. The number of nitrogens with two attached hydrogens (primary N) is 1. The molecule has 0 radical (unpaired) electrons. The van der Waals surface area contributed by atoms with Crippen LogP contribution in [0.1, 0.15) is 11.1 Å². The van der Waals surface area contributed by atoms with E-state index < -0.39 is 26.6 Å². The molecule has 0 saturated carbocycles. The molecule has 0 aliphatic carbocycles. The zero-order chi connectivity index (χ0) is 15.5. The molecule has 2 aromatic rings.